The van der Waals surface area contributed by atoms with Crippen LogP contribution in [-0.2, 0) is 6.42 Å². The van der Waals surface area contributed by atoms with Crippen molar-refractivity contribution in [2.75, 3.05) is 0 Å². The van der Waals surface area contributed by atoms with Gasteiger partial charge in [-0.2, -0.15) is 0 Å². The Bertz CT molecular complexity index is 483. The summed E-state index contributed by atoms with van der Waals surface area (Å²) in [7, 11) is 0. The average molecular weight is 228 g/mol. The lowest BCUT2D eigenvalue weighted by Gasteiger charge is -2.06. The molecule has 0 bridgehead atoms. The van der Waals surface area contributed by atoms with E-state index in [4.69, 9.17) is 0 Å². The van der Waals surface area contributed by atoms with E-state index in [1.54, 1.807) is 12.4 Å². The molecular weight excluding hydrogens is 212 g/mol. The summed E-state index contributed by atoms with van der Waals surface area (Å²) < 4.78 is 0. The Morgan fingerprint density at radius 3 is 2.53 bits per heavy atom. The molecule has 1 N–H and O–H groups in total. The first-order chi connectivity index (χ1) is 8.16. The predicted molar refractivity (Wildman–Crippen MR) is 67.2 cm³/mol. The smallest absolute Gasteiger partial charge is 0.202 e. The van der Waals surface area contributed by atoms with E-state index in [1.807, 2.05) is 12.1 Å². The monoisotopic (exact) mass is 228 g/mol. The highest BCUT2D eigenvalue weighted by atomic mass is 16.1. The highest BCUT2D eigenvalue weighted by molar-refractivity contribution is 5.94. The number of Topliss-reactive ketones (excluding diaryl/α,β-unsaturated/α-hetero) is 1. The molecule has 0 saturated heterocycles. The van der Waals surface area contributed by atoms with Crippen molar-refractivity contribution >= 4 is 5.78 Å². The van der Waals surface area contributed by atoms with E-state index in [2.05, 4.69) is 35.9 Å². The van der Waals surface area contributed by atoms with Crippen molar-refractivity contribution in [2.24, 2.45) is 0 Å². The molecule has 1 aromatic carbocycles. The first-order valence-electron chi connectivity index (χ1n) is 5.78. The van der Waals surface area contributed by atoms with Crippen LogP contribution in [0, 0.1) is 0 Å². The van der Waals surface area contributed by atoms with Gasteiger partial charge in [-0.1, -0.05) is 38.1 Å². The zero-order valence-electron chi connectivity index (χ0n) is 10.1. The van der Waals surface area contributed by atoms with E-state index < -0.39 is 0 Å². The van der Waals surface area contributed by atoms with Crippen LogP contribution in [0.3, 0.4) is 0 Å². The average Bonchev–Trinajstić information content (AvgIpc) is 2.83. The highest BCUT2D eigenvalue weighted by Gasteiger charge is 2.09. The Balaban J connectivity index is 2.07. The van der Waals surface area contributed by atoms with Gasteiger partial charge in [-0.05, 0) is 17.0 Å². The largest absolute Gasteiger partial charge is 0.342 e. The molecule has 0 unspecified atom stereocenters. The highest BCUT2D eigenvalue weighted by Crippen LogP contribution is 2.15. The maximum atomic E-state index is 11.8. The molecule has 0 aliphatic carbocycles. The number of benzene rings is 1. The molecule has 0 radical (unpaired) electrons. The van der Waals surface area contributed by atoms with E-state index in [9.17, 15) is 4.79 Å². The number of aromatic nitrogens is 2. The fourth-order valence-electron chi connectivity index (χ4n) is 1.71. The number of hydrogen-bond acceptors (Lipinski definition) is 2. The molecule has 0 aliphatic heterocycles. The molecular formula is C14H16N2O. The zero-order chi connectivity index (χ0) is 12.3. The Morgan fingerprint density at radius 2 is 2.00 bits per heavy atom. The molecule has 0 atom stereocenters. The summed E-state index contributed by atoms with van der Waals surface area (Å²) in [6.45, 7) is 4.31. The minimum atomic E-state index is 0.0206. The lowest BCUT2D eigenvalue weighted by molar-refractivity contribution is 0.0984. The van der Waals surface area contributed by atoms with Gasteiger partial charge in [-0.15, -0.1) is 0 Å². The van der Waals surface area contributed by atoms with Gasteiger partial charge in [0.2, 0.25) is 5.78 Å². The Labute approximate surface area is 101 Å². The molecule has 2 rings (SSSR count). The molecule has 3 nitrogen and oxygen atoms in total. The number of hydrogen-bond donors (Lipinski definition) is 1. The van der Waals surface area contributed by atoms with Gasteiger partial charge in [-0.3, -0.25) is 4.79 Å². The molecule has 88 valence electrons. The Morgan fingerprint density at radius 1 is 1.29 bits per heavy atom. The maximum absolute atomic E-state index is 11.8. The standard InChI is InChI=1S/C14H16N2O/c1-10(2)12-5-3-11(4-6-12)9-13(17)14-15-7-8-16-14/h3-8,10H,9H2,1-2H3,(H,15,16). The van der Waals surface area contributed by atoms with Crippen LogP contribution in [0.1, 0.15) is 41.5 Å². The molecule has 0 aliphatic rings. The van der Waals surface area contributed by atoms with Gasteiger partial charge in [0.15, 0.2) is 5.82 Å². The topological polar surface area (TPSA) is 45.8 Å². The number of rotatable bonds is 4. The number of imidazole rings is 1. The summed E-state index contributed by atoms with van der Waals surface area (Å²) in [5.41, 5.74) is 2.31. The summed E-state index contributed by atoms with van der Waals surface area (Å²) in [5, 5.41) is 0. The summed E-state index contributed by atoms with van der Waals surface area (Å²) >= 11 is 0. The van der Waals surface area contributed by atoms with Crippen LogP contribution in [-0.4, -0.2) is 15.8 Å². The third kappa shape index (κ3) is 2.81. The predicted octanol–water partition coefficient (Wildman–Crippen LogP) is 2.96. The quantitative estimate of drug-likeness (QED) is 0.818. The summed E-state index contributed by atoms with van der Waals surface area (Å²) in [4.78, 5) is 18.6. The van der Waals surface area contributed by atoms with Gasteiger partial charge >= 0.3 is 0 Å². The van der Waals surface area contributed by atoms with E-state index in [-0.39, 0.29) is 5.78 Å². The lowest BCUT2D eigenvalue weighted by Crippen LogP contribution is -2.05. The second kappa shape index (κ2) is 4.95. The third-order valence-electron chi connectivity index (χ3n) is 2.77. The van der Waals surface area contributed by atoms with Crippen LogP contribution in [0.25, 0.3) is 0 Å². The molecule has 2 aromatic rings. The normalized spacial score (nSPS) is 10.8. The van der Waals surface area contributed by atoms with Gasteiger partial charge in [-0.25, -0.2) is 4.98 Å². The molecule has 1 heterocycles. The van der Waals surface area contributed by atoms with Crippen molar-refractivity contribution < 1.29 is 4.79 Å². The van der Waals surface area contributed by atoms with Crippen molar-refractivity contribution in [1.29, 1.82) is 0 Å². The van der Waals surface area contributed by atoms with Crippen LogP contribution in [0.4, 0.5) is 0 Å². The van der Waals surface area contributed by atoms with Gasteiger partial charge in [0.05, 0.1) is 0 Å². The minimum Gasteiger partial charge on any atom is -0.342 e. The number of H-pyrrole nitrogens is 1. The van der Waals surface area contributed by atoms with Crippen molar-refractivity contribution in [3.05, 3.63) is 53.6 Å². The van der Waals surface area contributed by atoms with Crippen LogP contribution in [0.2, 0.25) is 0 Å². The van der Waals surface area contributed by atoms with Crippen molar-refractivity contribution in [3.63, 3.8) is 0 Å². The maximum Gasteiger partial charge on any atom is 0.202 e. The molecule has 17 heavy (non-hydrogen) atoms. The van der Waals surface area contributed by atoms with Crippen LogP contribution >= 0.6 is 0 Å². The number of aromatic amines is 1. The van der Waals surface area contributed by atoms with Crippen molar-refractivity contribution in [3.8, 4) is 0 Å². The van der Waals surface area contributed by atoms with E-state index in [1.165, 1.54) is 5.56 Å². The van der Waals surface area contributed by atoms with Crippen molar-refractivity contribution in [1.82, 2.24) is 9.97 Å². The Kier molecular flexibility index (Phi) is 3.38. The number of nitrogens with zero attached hydrogens (tertiary/aromatic N) is 1. The second-order valence-corrected chi connectivity index (χ2v) is 4.43. The van der Waals surface area contributed by atoms with Gasteiger partial charge in [0, 0.05) is 18.8 Å². The fourth-order valence-corrected chi connectivity index (χ4v) is 1.71. The van der Waals surface area contributed by atoms with Crippen LogP contribution in [0.15, 0.2) is 36.7 Å². The molecule has 0 amide bonds. The number of ketones is 1. The van der Waals surface area contributed by atoms with Gasteiger partial charge in [0.1, 0.15) is 0 Å². The summed E-state index contributed by atoms with van der Waals surface area (Å²) in [6, 6.07) is 8.18. The Hall–Kier alpha value is -1.90. The van der Waals surface area contributed by atoms with E-state index in [0.29, 0.717) is 18.2 Å². The lowest BCUT2D eigenvalue weighted by atomic mass is 10.00. The molecule has 0 spiro atoms. The SMILES string of the molecule is CC(C)c1ccc(CC(=O)c2ncc[nH]2)cc1. The third-order valence-corrected chi connectivity index (χ3v) is 2.77. The summed E-state index contributed by atoms with van der Waals surface area (Å²) in [5.74, 6) is 0.968. The van der Waals surface area contributed by atoms with Crippen molar-refractivity contribution in [2.45, 2.75) is 26.2 Å². The van der Waals surface area contributed by atoms with Crippen LogP contribution in [0.5, 0.6) is 0 Å². The molecule has 0 saturated carbocycles. The molecule has 1 aromatic heterocycles. The first kappa shape index (κ1) is 11.6. The number of carbonyl (C=O) groups excluding carboxylic acids is 1. The van der Waals surface area contributed by atoms with E-state index in [0.717, 1.165) is 5.56 Å². The second-order valence-electron chi connectivity index (χ2n) is 4.43. The zero-order valence-corrected chi connectivity index (χ0v) is 10.1. The minimum absolute atomic E-state index is 0.0206. The van der Waals surface area contributed by atoms with Gasteiger partial charge in [0.25, 0.3) is 0 Å². The number of carbonyl (C=O) groups is 1. The molecule has 0 fully saturated rings. The van der Waals surface area contributed by atoms with E-state index >= 15 is 0 Å². The summed E-state index contributed by atoms with van der Waals surface area (Å²) in [6.07, 6.45) is 3.65. The first-order valence-corrected chi connectivity index (χ1v) is 5.78. The van der Waals surface area contributed by atoms with Gasteiger partial charge < -0.3 is 4.98 Å². The van der Waals surface area contributed by atoms with Crippen LogP contribution < -0.4 is 0 Å². The fraction of sp³-hybridized carbons (Fsp3) is 0.286. The molecule has 3 heteroatoms. The number of nitrogens with one attached hydrogen (secondary N) is 1.